The van der Waals surface area contributed by atoms with E-state index in [4.69, 9.17) is 0 Å². The lowest BCUT2D eigenvalue weighted by Gasteiger charge is -2.01. The van der Waals surface area contributed by atoms with Crippen molar-refractivity contribution in [1.29, 1.82) is 0 Å². The summed E-state index contributed by atoms with van der Waals surface area (Å²) in [6.07, 6.45) is 1.65. The van der Waals surface area contributed by atoms with Crippen molar-refractivity contribution >= 4 is 23.2 Å². The molecule has 0 unspecified atom stereocenters. The van der Waals surface area contributed by atoms with Gasteiger partial charge in [-0.2, -0.15) is 0 Å². The number of nitro groups is 1. The molecule has 5 nitrogen and oxygen atoms in total. The number of ketones is 1. The molecule has 0 aliphatic rings. The molecule has 1 heterocycles. The zero-order valence-corrected chi connectivity index (χ0v) is 10.7. The molecule has 19 heavy (non-hydrogen) atoms. The normalized spacial score (nSPS) is 10.1. The standard InChI is InChI=1S/C13H10N2O3S/c16-12(9-19-13-6-1-2-7-14-13)10-4-3-5-11(8-10)15(17)18/h1-8H,9H2. The van der Waals surface area contributed by atoms with Gasteiger partial charge in [0, 0.05) is 23.9 Å². The number of benzene rings is 1. The van der Waals surface area contributed by atoms with Gasteiger partial charge in [0.25, 0.3) is 5.69 Å². The topological polar surface area (TPSA) is 73.1 Å². The summed E-state index contributed by atoms with van der Waals surface area (Å²) >= 11 is 1.31. The third-order valence-electron chi connectivity index (χ3n) is 2.37. The summed E-state index contributed by atoms with van der Waals surface area (Å²) in [5.41, 5.74) is 0.270. The van der Waals surface area contributed by atoms with Crippen LogP contribution in [-0.2, 0) is 0 Å². The summed E-state index contributed by atoms with van der Waals surface area (Å²) in [5.74, 6) is 0.0532. The van der Waals surface area contributed by atoms with E-state index in [1.54, 1.807) is 18.3 Å². The third kappa shape index (κ3) is 3.62. The van der Waals surface area contributed by atoms with Gasteiger partial charge in [-0.25, -0.2) is 4.98 Å². The lowest BCUT2D eigenvalue weighted by atomic mass is 10.1. The molecule has 1 aromatic heterocycles. The first kappa shape index (κ1) is 13.2. The fraction of sp³-hybridized carbons (Fsp3) is 0.0769. The molecule has 0 fully saturated rings. The molecular weight excluding hydrogens is 264 g/mol. The van der Waals surface area contributed by atoms with E-state index in [1.165, 1.54) is 30.0 Å². The number of nitro benzene ring substituents is 1. The van der Waals surface area contributed by atoms with E-state index in [0.717, 1.165) is 5.03 Å². The largest absolute Gasteiger partial charge is 0.293 e. The van der Waals surface area contributed by atoms with Gasteiger partial charge in [0.15, 0.2) is 5.78 Å². The molecular formula is C13H10N2O3S. The van der Waals surface area contributed by atoms with Crippen LogP contribution in [0.4, 0.5) is 5.69 Å². The zero-order chi connectivity index (χ0) is 13.7. The predicted octanol–water partition coefficient (Wildman–Crippen LogP) is 2.96. The van der Waals surface area contributed by atoms with Gasteiger partial charge in [-0.3, -0.25) is 14.9 Å². The average Bonchev–Trinajstić information content (AvgIpc) is 2.46. The second kappa shape index (κ2) is 6.10. The lowest BCUT2D eigenvalue weighted by Crippen LogP contribution is -2.03. The molecule has 6 heteroatoms. The highest BCUT2D eigenvalue weighted by Crippen LogP contribution is 2.18. The zero-order valence-electron chi connectivity index (χ0n) is 9.85. The molecule has 0 aliphatic carbocycles. The first-order valence-corrected chi connectivity index (χ1v) is 6.47. The van der Waals surface area contributed by atoms with Gasteiger partial charge in [-0.05, 0) is 12.1 Å². The van der Waals surface area contributed by atoms with E-state index in [-0.39, 0.29) is 17.2 Å². The number of nitrogens with zero attached hydrogens (tertiary/aromatic N) is 2. The number of thioether (sulfide) groups is 1. The van der Waals surface area contributed by atoms with E-state index in [2.05, 4.69) is 4.98 Å². The van der Waals surface area contributed by atoms with Crippen LogP contribution in [0.5, 0.6) is 0 Å². The van der Waals surface area contributed by atoms with Crippen LogP contribution in [0.1, 0.15) is 10.4 Å². The number of hydrogen-bond donors (Lipinski definition) is 0. The van der Waals surface area contributed by atoms with Crippen molar-refractivity contribution in [2.45, 2.75) is 5.03 Å². The molecule has 0 bridgehead atoms. The van der Waals surface area contributed by atoms with E-state index >= 15 is 0 Å². The van der Waals surface area contributed by atoms with E-state index in [9.17, 15) is 14.9 Å². The van der Waals surface area contributed by atoms with Crippen LogP contribution in [0.15, 0.2) is 53.7 Å². The highest BCUT2D eigenvalue weighted by atomic mass is 32.2. The van der Waals surface area contributed by atoms with Crippen molar-refractivity contribution in [3.05, 3.63) is 64.3 Å². The maximum Gasteiger partial charge on any atom is 0.270 e. The molecule has 0 N–H and O–H groups in total. The maximum atomic E-state index is 11.9. The number of carbonyl (C=O) groups excluding carboxylic acids is 1. The fourth-order valence-electron chi connectivity index (χ4n) is 1.45. The minimum Gasteiger partial charge on any atom is -0.293 e. The number of hydrogen-bond acceptors (Lipinski definition) is 5. The Bertz CT molecular complexity index is 602. The summed E-state index contributed by atoms with van der Waals surface area (Å²) < 4.78 is 0. The summed E-state index contributed by atoms with van der Waals surface area (Å²) in [6, 6.07) is 11.2. The Balaban J connectivity index is 2.04. The van der Waals surface area contributed by atoms with Gasteiger partial charge in [-0.15, -0.1) is 0 Å². The molecule has 96 valence electrons. The third-order valence-corrected chi connectivity index (χ3v) is 3.31. The number of Topliss-reactive ketones (excluding diaryl/α,β-unsaturated/α-hetero) is 1. The number of carbonyl (C=O) groups is 1. The first-order valence-electron chi connectivity index (χ1n) is 5.48. The van der Waals surface area contributed by atoms with Gasteiger partial charge in [-0.1, -0.05) is 30.0 Å². The molecule has 0 radical (unpaired) electrons. The van der Waals surface area contributed by atoms with Crippen LogP contribution in [0, 0.1) is 10.1 Å². The molecule has 0 atom stereocenters. The van der Waals surface area contributed by atoms with Gasteiger partial charge < -0.3 is 0 Å². The van der Waals surface area contributed by atoms with Crippen molar-refractivity contribution < 1.29 is 9.72 Å². The van der Waals surface area contributed by atoms with Crippen molar-refractivity contribution in [2.24, 2.45) is 0 Å². The molecule has 0 saturated carbocycles. The molecule has 2 rings (SSSR count). The summed E-state index contributed by atoms with van der Waals surface area (Å²) in [4.78, 5) is 26.1. The SMILES string of the molecule is O=C(CSc1ccccn1)c1cccc([N+](=O)[O-])c1. The lowest BCUT2D eigenvalue weighted by molar-refractivity contribution is -0.384. The van der Waals surface area contributed by atoms with Crippen LogP contribution in [0.25, 0.3) is 0 Å². The number of non-ortho nitro benzene ring substituents is 1. The molecule has 1 aromatic carbocycles. The molecule has 0 saturated heterocycles. The van der Waals surface area contributed by atoms with Crippen molar-refractivity contribution in [1.82, 2.24) is 4.98 Å². The van der Waals surface area contributed by atoms with Crippen molar-refractivity contribution in [3.8, 4) is 0 Å². The Hall–Kier alpha value is -2.21. The highest BCUT2D eigenvalue weighted by Gasteiger charge is 2.11. The smallest absolute Gasteiger partial charge is 0.270 e. The highest BCUT2D eigenvalue weighted by molar-refractivity contribution is 7.99. The quantitative estimate of drug-likeness (QED) is 0.363. The Morgan fingerprint density at radius 1 is 1.26 bits per heavy atom. The Morgan fingerprint density at radius 2 is 2.11 bits per heavy atom. The van der Waals surface area contributed by atoms with Crippen LogP contribution >= 0.6 is 11.8 Å². The summed E-state index contributed by atoms with van der Waals surface area (Å²) in [7, 11) is 0. The van der Waals surface area contributed by atoms with Gasteiger partial charge in [0.1, 0.15) is 0 Å². The van der Waals surface area contributed by atoms with Gasteiger partial charge in [0.05, 0.1) is 15.7 Å². The van der Waals surface area contributed by atoms with E-state index in [1.807, 2.05) is 12.1 Å². The van der Waals surface area contributed by atoms with Crippen LogP contribution in [-0.4, -0.2) is 21.4 Å². The minimum atomic E-state index is -0.511. The number of rotatable bonds is 5. The van der Waals surface area contributed by atoms with Crippen LogP contribution < -0.4 is 0 Å². The number of pyridine rings is 1. The van der Waals surface area contributed by atoms with Gasteiger partial charge in [0.2, 0.25) is 0 Å². The number of aromatic nitrogens is 1. The van der Waals surface area contributed by atoms with Crippen molar-refractivity contribution in [3.63, 3.8) is 0 Å². The maximum absolute atomic E-state index is 11.9. The second-order valence-electron chi connectivity index (χ2n) is 3.69. The van der Waals surface area contributed by atoms with E-state index in [0.29, 0.717) is 5.56 Å². The Morgan fingerprint density at radius 3 is 2.79 bits per heavy atom. The Labute approximate surface area is 113 Å². The molecule has 2 aromatic rings. The van der Waals surface area contributed by atoms with Crippen LogP contribution in [0.3, 0.4) is 0 Å². The summed E-state index contributed by atoms with van der Waals surface area (Å²) in [5, 5.41) is 11.4. The van der Waals surface area contributed by atoms with Crippen LogP contribution in [0.2, 0.25) is 0 Å². The molecule has 0 aliphatic heterocycles. The van der Waals surface area contributed by atoms with Crippen molar-refractivity contribution in [2.75, 3.05) is 5.75 Å². The molecule has 0 amide bonds. The van der Waals surface area contributed by atoms with E-state index < -0.39 is 4.92 Å². The van der Waals surface area contributed by atoms with Gasteiger partial charge >= 0.3 is 0 Å². The average molecular weight is 274 g/mol. The summed E-state index contributed by atoms with van der Waals surface area (Å²) in [6.45, 7) is 0. The predicted molar refractivity (Wildman–Crippen MR) is 72.4 cm³/mol. The fourth-order valence-corrected chi connectivity index (χ4v) is 2.20. The monoisotopic (exact) mass is 274 g/mol. The first-order chi connectivity index (χ1) is 9.16. The Kier molecular flexibility index (Phi) is 4.25. The second-order valence-corrected chi connectivity index (χ2v) is 4.68. The minimum absolute atomic E-state index is 0.0753. The molecule has 0 spiro atoms.